The summed E-state index contributed by atoms with van der Waals surface area (Å²) in [7, 11) is -4.22. The first-order chi connectivity index (χ1) is 8.19. The Morgan fingerprint density at radius 3 is 2.50 bits per heavy atom. The van der Waals surface area contributed by atoms with Crippen LogP contribution in [0.1, 0.15) is 5.56 Å². The fourth-order valence-corrected chi connectivity index (χ4v) is 3.25. The Morgan fingerprint density at radius 1 is 1.44 bits per heavy atom. The van der Waals surface area contributed by atoms with E-state index in [0.717, 1.165) is 11.3 Å². The summed E-state index contributed by atoms with van der Waals surface area (Å²) in [5.74, 6) is -4.40. The molecule has 0 unspecified atom stereocenters. The lowest BCUT2D eigenvalue weighted by molar-refractivity contribution is -0.122. The Hall–Kier alpha value is -0.710. The lowest BCUT2D eigenvalue weighted by Gasteiger charge is -2.15. The molecule has 0 atom stereocenters. The molecule has 1 heterocycles. The van der Waals surface area contributed by atoms with Crippen molar-refractivity contribution in [2.24, 2.45) is 5.73 Å². The van der Waals surface area contributed by atoms with Crippen LogP contribution in [0.2, 0.25) is 0 Å². The molecule has 0 aliphatic rings. The van der Waals surface area contributed by atoms with Gasteiger partial charge in [0.25, 0.3) is 0 Å². The molecule has 1 aromatic heterocycles. The molecule has 0 fully saturated rings. The van der Waals surface area contributed by atoms with Crippen LogP contribution in [0, 0.1) is 0 Å². The fraction of sp³-hybridized carbons (Fsp3) is 0.500. The van der Waals surface area contributed by atoms with E-state index in [1.807, 2.05) is 0 Å². The number of nitrogens with two attached hydrogens (primary N) is 1. The maximum absolute atomic E-state index is 12.6. The second-order valence-corrected chi connectivity index (χ2v) is 6.27. The van der Waals surface area contributed by atoms with E-state index in [9.17, 15) is 26.0 Å². The van der Waals surface area contributed by atoms with Gasteiger partial charge in [0.2, 0.25) is 10.0 Å². The van der Waals surface area contributed by atoms with Gasteiger partial charge in [-0.1, -0.05) is 0 Å². The fourth-order valence-electron chi connectivity index (χ4n) is 0.941. The number of alkyl halides is 4. The molecule has 4 nitrogen and oxygen atoms in total. The largest absolute Gasteiger partial charge is 0.326 e. The van der Waals surface area contributed by atoms with Crippen LogP contribution in [-0.4, -0.2) is 27.3 Å². The van der Waals surface area contributed by atoms with Gasteiger partial charge in [-0.15, -0.1) is 11.3 Å². The molecule has 3 N–H and O–H groups in total. The SMILES string of the molecule is NCc1csc(S(=O)(=O)NCC(F)(F)C(F)F)c1. The molecule has 0 amide bonds. The van der Waals surface area contributed by atoms with Crippen molar-refractivity contribution in [3.63, 3.8) is 0 Å². The minimum atomic E-state index is -4.40. The Morgan fingerprint density at radius 2 is 2.06 bits per heavy atom. The number of thiophene rings is 1. The molecule has 0 radical (unpaired) electrons. The lowest BCUT2D eigenvalue weighted by Crippen LogP contribution is -2.41. The van der Waals surface area contributed by atoms with Crippen LogP contribution in [0.3, 0.4) is 0 Å². The standard InChI is InChI=1S/C8H10F4N2O2S2/c9-7(10)8(11,12)4-14-18(15,16)6-1-5(2-13)3-17-6/h1,3,7,14H,2,4,13H2. The van der Waals surface area contributed by atoms with E-state index >= 15 is 0 Å². The average molecular weight is 306 g/mol. The van der Waals surface area contributed by atoms with E-state index in [1.165, 1.54) is 16.2 Å². The van der Waals surface area contributed by atoms with Gasteiger partial charge in [0.1, 0.15) is 4.21 Å². The number of hydrogen-bond acceptors (Lipinski definition) is 4. The van der Waals surface area contributed by atoms with Crippen molar-refractivity contribution in [1.82, 2.24) is 4.72 Å². The second-order valence-electron chi connectivity index (χ2n) is 3.36. The zero-order valence-corrected chi connectivity index (χ0v) is 10.5. The number of halogens is 4. The van der Waals surface area contributed by atoms with E-state index in [0.29, 0.717) is 5.56 Å². The summed E-state index contributed by atoms with van der Waals surface area (Å²) in [5.41, 5.74) is 5.78. The van der Waals surface area contributed by atoms with Crippen molar-refractivity contribution in [2.75, 3.05) is 6.54 Å². The van der Waals surface area contributed by atoms with E-state index in [-0.39, 0.29) is 10.8 Å². The van der Waals surface area contributed by atoms with Gasteiger partial charge >= 0.3 is 12.3 Å². The van der Waals surface area contributed by atoms with Gasteiger partial charge < -0.3 is 5.73 Å². The van der Waals surface area contributed by atoms with Crippen molar-refractivity contribution in [2.45, 2.75) is 23.1 Å². The molecule has 104 valence electrons. The van der Waals surface area contributed by atoms with Gasteiger partial charge in [-0.2, -0.15) is 8.78 Å². The Labute approximate surface area is 105 Å². The summed E-state index contributed by atoms with van der Waals surface area (Å²) < 4.78 is 73.1. The lowest BCUT2D eigenvalue weighted by atomic mass is 10.4. The van der Waals surface area contributed by atoms with Crippen LogP contribution in [0.25, 0.3) is 0 Å². The first-order valence-electron chi connectivity index (χ1n) is 4.62. The zero-order valence-electron chi connectivity index (χ0n) is 8.87. The Balaban J connectivity index is 2.77. The summed E-state index contributed by atoms with van der Waals surface area (Å²) in [6.07, 6.45) is -3.93. The highest BCUT2D eigenvalue weighted by Crippen LogP contribution is 2.24. The van der Waals surface area contributed by atoms with Crippen molar-refractivity contribution >= 4 is 21.4 Å². The molecule has 0 spiro atoms. The van der Waals surface area contributed by atoms with Crippen molar-refractivity contribution in [1.29, 1.82) is 0 Å². The van der Waals surface area contributed by atoms with Gasteiger partial charge in [0.05, 0.1) is 6.54 Å². The first kappa shape index (κ1) is 15.3. The first-order valence-corrected chi connectivity index (χ1v) is 6.98. The van der Waals surface area contributed by atoms with Crippen LogP contribution < -0.4 is 10.5 Å². The van der Waals surface area contributed by atoms with Crippen LogP contribution in [0.4, 0.5) is 17.6 Å². The number of rotatable bonds is 6. The molecule has 0 bridgehead atoms. The Bertz CT molecular complexity index is 501. The minimum Gasteiger partial charge on any atom is -0.326 e. The Kier molecular flexibility index (Phi) is 4.70. The maximum atomic E-state index is 12.6. The minimum absolute atomic E-state index is 0.0964. The molecular weight excluding hydrogens is 296 g/mol. The number of hydrogen-bond donors (Lipinski definition) is 2. The number of sulfonamides is 1. The monoisotopic (exact) mass is 306 g/mol. The van der Waals surface area contributed by atoms with Crippen LogP contribution >= 0.6 is 11.3 Å². The summed E-state index contributed by atoms with van der Waals surface area (Å²) in [5, 5.41) is 1.44. The molecule has 0 aliphatic heterocycles. The van der Waals surface area contributed by atoms with E-state index < -0.39 is 28.9 Å². The average Bonchev–Trinajstić information content (AvgIpc) is 2.75. The van der Waals surface area contributed by atoms with Crippen LogP contribution in [0.5, 0.6) is 0 Å². The van der Waals surface area contributed by atoms with Gasteiger partial charge in [-0.3, -0.25) is 0 Å². The molecule has 0 saturated carbocycles. The molecule has 1 aromatic rings. The summed E-state index contributed by atoms with van der Waals surface area (Å²) in [6.45, 7) is -1.55. The van der Waals surface area contributed by atoms with Crippen LogP contribution in [0.15, 0.2) is 15.7 Å². The maximum Gasteiger partial charge on any atom is 0.320 e. The third-order valence-electron chi connectivity index (χ3n) is 1.95. The van der Waals surface area contributed by atoms with Gasteiger partial charge in [0, 0.05) is 6.54 Å². The van der Waals surface area contributed by atoms with Gasteiger partial charge in [-0.05, 0) is 17.0 Å². The van der Waals surface area contributed by atoms with E-state index in [4.69, 9.17) is 5.73 Å². The third kappa shape index (κ3) is 3.64. The zero-order chi connectivity index (χ0) is 14.0. The van der Waals surface area contributed by atoms with Crippen molar-refractivity contribution in [3.8, 4) is 0 Å². The summed E-state index contributed by atoms with van der Waals surface area (Å²) in [4.78, 5) is 0. The summed E-state index contributed by atoms with van der Waals surface area (Å²) in [6, 6.07) is 1.20. The third-order valence-corrected chi connectivity index (χ3v) is 4.84. The van der Waals surface area contributed by atoms with Crippen molar-refractivity contribution in [3.05, 3.63) is 17.0 Å². The number of nitrogens with one attached hydrogen (secondary N) is 1. The second kappa shape index (κ2) is 5.51. The molecule has 0 aromatic carbocycles. The summed E-state index contributed by atoms with van der Waals surface area (Å²) >= 11 is 0.777. The highest BCUT2D eigenvalue weighted by molar-refractivity contribution is 7.91. The normalized spacial score (nSPS) is 13.2. The topological polar surface area (TPSA) is 72.2 Å². The van der Waals surface area contributed by atoms with Gasteiger partial charge in [0.15, 0.2) is 0 Å². The quantitative estimate of drug-likeness (QED) is 0.780. The predicted octanol–water partition coefficient (Wildman–Crippen LogP) is 1.39. The smallest absolute Gasteiger partial charge is 0.320 e. The molecule has 0 saturated heterocycles. The molecule has 10 heteroatoms. The highest BCUT2D eigenvalue weighted by atomic mass is 32.2. The highest BCUT2D eigenvalue weighted by Gasteiger charge is 2.41. The van der Waals surface area contributed by atoms with Crippen molar-refractivity contribution < 1.29 is 26.0 Å². The molecule has 1 rings (SSSR count). The van der Waals surface area contributed by atoms with E-state index in [1.54, 1.807) is 0 Å². The van der Waals surface area contributed by atoms with E-state index in [2.05, 4.69) is 0 Å². The predicted molar refractivity (Wildman–Crippen MR) is 58.3 cm³/mol. The molecule has 18 heavy (non-hydrogen) atoms. The molecular formula is C8H10F4N2O2S2. The van der Waals surface area contributed by atoms with Crippen LogP contribution in [-0.2, 0) is 16.6 Å². The van der Waals surface area contributed by atoms with Gasteiger partial charge in [-0.25, -0.2) is 21.9 Å². The molecule has 0 aliphatic carbocycles.